The Balaban J connectivity index is 2.71. The molecule has 90 valence electrons. The van der Waals surface area contributed by atoms with E-state index in [-0.39, 0.29) is 0 Å². The molecule has 2 rings (SSSR count). The summed E-state index contributed by atoms with van der Waals surface area (Å²) in [6.07, 6.45) is 0. The van der Waals surface area contributed by atoms with Gasteiger partial charge in [0.2, 0.25) is 0 Å². The highest BCUT2D eigenvalue weighted by Crippen LogP contribution is 2.29. The highest BCUT2D eigenvalue weighted by Gasteiger charge is 2.15. The highest BCUT2D eigenvalue weighted by atomic mass is 16.5. The van der Waals surface area contributed by atoms with Gasteiger partial charge in [0.15, 0.2) is 0 Å². The first-order valence-electron chi connectivity index (χ1n) is 5.67. The van der Waals surface area contributed by atoms with Gasteiger partial charge in [-0.1, -0.05) is 6.07 Å². The molecule has 4 heteroatoms. The first kappa shape index (κ1) is 11.5. The van der Waals surface area contributed by atoms with Crippen molar-refractivity contribution in [2.75, 3.05) is 6.61 Å². The third kappa shape index (κ3) is 1.86. The van der Waals surface area contributed by atoms with Crippen LogP contribution in [0, 0.1) is 0 Å². The summed E-state index contributed by atoms with van der Waals surface area (Å²) in [6, 6.07) is 7.32. The predicted molar refractivity (Wildman–Crippen MR) is 65.7 cm³/mol. The van der Waals surface area contributed by atoms with E-state index in [4.69, 9.17) is 9.84 Å². The molecule has 0 saturated carbocycles. The third-order valence-electron chi connectivity index (χ3n) is 2.74. The van der Waals surface area contributed by atoms with Crippen LogP contribution in [0.2, 0.25) is 0 Å². The molecule has 17 heavy (non-hydrogen) atoms. The Bertz CT molecular complexity index is 557. The Kier molecular flexibility index (Phi) is 3.04. The fourth-order valence-electron chi connectivity index (χ4n) is 2.06. The van der Waals surface area contributed by atoms with E-state index in [1.165, 1.54) is 0 Å². The van der Waals surface area contributed by atoms with Gasteiger partial charge in [0.05, 0.1) is 12.1 Å². The van der Waals surface area contributed by atoms with Crippen LogP contribution in [0.25, 0.3) is 10.9 Å². The molecule has 0 atom stereocenters. The standard InChI is InChI=1S/C13H15NO3/c1-3-14-10-6-5-7-12(17-4-2)9(10)8-11(14)13(15)16/h5-8H,3-4H2,1-2H3,(H,15,16). The molecule has 1 heterocycles. The number of nitrogens with zero attached hydrogens (tertiary/aromatic N) is 1. The molecule has 0 radical (unpaired) electrons. The third-order valence-corrected chi connectivity index (χ3v) is 2.74. The predicted octanol–water partition coefficient (Wildman–Crippen LogP) is 2.76. The largest absolute Gasteiger partial charge is 0.493 e. The summed E-state index contributed by atoms with van der Waals surface area (Å²) >= 11 is 0. The van der Waals surface area contributed by atoms with Crippen LogP contribution in [-0.2, 0) is 6.54 Å². The average Bonchev–Trinajstić information content (AvgIpc) is 2.69. The molecule has 0 unspecified atom stereocenters. The van der Waals surface area contributed by atoms with Crippen LogP contribution in [0.3, 0.4) is 0 Å². The van der Waals surface area contributed by atoms with Crippen molar-refractivity contribution in [1.82, 2.24) is 4.57 Å². The maximum Gasteiger partial charge on any atom is 0.352 e. The summed E-state index contributed by atoms with van der Waals surface area (Å²) in [4.78, 5) is 11.2. The lowest BCUT2D eigenvalue weighted by Gasteiger charge is -2.06. The van der Waals surface area contributed by atoms with E-state index in [0.717, 1.165) is 16.7 Å². The van der Waals surface area contributed by atoms with E-state index < -0.39 is 5.97 Å². The number of aromatic nitrogens is 1. The lowest BCUT2D eigenvalue weighted by molar-refractivity contribution is 0.0686. The highest BCUT2D eigenvalue weighted by molar-refractivity contribution is 5.97. The zero-order valence-electron chi connectivity index (χ0n) is 9.93. The quantitative estimate of drug-likeness (QED) is 0.883. The maximum absolute atomic E-state index is 11.2. The van der Waals surface area contributed by atoms with Gasteiger partial charge in [-0.25, -0.2) is 4.79 Å². The second-order valence-electron chi connectivity index (χ2n) is 3.70. The first-order valence-corrected chi connectivity index (χ1v) is 5.67. The molecule has 0 aliphatic heterocycles. The van der Waals surface area contributed by atoms with Crippen LogP contribution < -0.4 is 4.74 Å². The summed E-state index contributed by atoms with van der Waals surface area (Å²) in [5.41, 5.74) is 1.20. The molecule has 0 saturated heterocycles. The summed E-state index contributed by atoms with van der Waals surface area (Å²) < 4.78 is 7.28. The maximum atomic E-state index is 11.2. The van der Waals surface area contributed by atoms with Gasteiger partial charge in [0, 0.05) is 11.9 Å². The van der Waals surface area contributed by atoms with Gasteiger partial charge in [-0.15, -0.1) is 0 Å². The summed E-state index contributed by atoms with van der Waals surface area (Å²) in [7, 11) is 0. The molecule has 1 aromatic heterocycles. The van der Waals surface area contributed by atoms with Crippen molar-refractivity contribution in [2.45, 2.75) is 20.4 Å². The number of aromatic carboxylic acids is 1. The lowest BCUT2D eigenvalue weighted by Crippen LogP contribution is -2.06. The molecule has 1 aromatic carbocycles. The molecule has 0 spiro atoms. The molecular weight excluding hydrogens is 218 g/mol. The number of hydrogen-bond acceptors (Lipinski definition) is 2. The smallest absolute Gasteiger partial charge is 0.352 e. The number of fused-ring (bicyclic) bond motifs is 1. The summed E-state index contributed by atoms with van der Waals surface area (Å²) in [5, 5.41) is 10.0. The molecule has 0 amide bonds. The van der Waals surface area contributed by atoms with Gasteiger partial charge >= 0.3 is 5.97 Å². The minimum Gasteiger partial charge on any atom is -0.493 e. The zero-order chi connectivity index (χ0) is 12.4. The monoisotopic (exact) mass is 233 g/mol. The van der Waals surface area contributed by atoms with Crippen LogP contribution in [0.1, 0.15) is 24.3 Å². The van der Waals surface area contributed by atoms with Crippen molar-refractivity contribution in [3.8, 4) is 5.75 Å². The number of benzene rings is 1. The van der Waals surface area contributed by atoms with Gasteiger partial charge in [-0.2, -0.15) is 0 Å². The summed E-state index contributed by atoms with van der Waals surface area (Å²) in [6.45, 7) is 5.03. The number of aryl methyl sites for hydroxylation is 1. The Morgan fingerprint density at radius 3 is 2.76 bits per heavy atom. The van der Waals surface area contributed by atoms with E-state index in [0.29, 0.717) is 18.8 Å². The lowest BCUT2D eigenvalue weighted by atomic mass is 10.2. The van der Waals surface area contributed by atoms with Crippen LogP contribution >= 0.6 is 0 Å². The van der Waals surface area contributed by atoms with Gasteiger partial charge in [0.1, 0.15) is 11.4 Å². The fraction of sp³-hybridized carbons (Fsp3) is 0.308. The molecule has 0 aliphatic carbocycles. The van der Waals surface area contributed by atoms with E-state index in [2.05, 4.69) is 0 Å². The minimum absolute atomic E-state index is 0.301. The molecule has 0 fully saturated rings. The van der Waals surface area contributed by atoms with Crippen molar-refractivity contribution in [3.05, 3.63) is 30.0 Å². The minimum atomic E-state index is -0.912. The second-order valence-corrected chi connectivity index (χ2v) is 3.70. The normalized spacial score (nSPS) is 10.7. The SMILES string of the molecule is CCOc1cccc2c1cc(C(=O)O)n2CC. The molecule has 2 aromatic rings. The van der Waals surface area contributed by atoms with Crippen molar-refractivity contribution in [3.63, 3.8) is 0 Å². The van der Waals surface area contributed by atoms with Crippen molar-refractivity contribution in [1.29, 1.82) is 0 Å². The van der Waals surface area contributed by atoms with Crippen LogP contribution in [0.15, 0.2) is 24.3 Å². The Morgan fingerprint density at radius 1 is 1.41 bits per heavy atom. The molecular formula is C13H15NO3. The molecule has 1 N–H and O–H groups in total. The summed E-state index contributed by atoms with van der Waals surface area (Å²) in [5.74, 6) is -0.176. The number of carboxylic acid groups (broad SMARTS) is 1. The van der Waals surface area contributed by atoms with E-state index in [9.17, 15) is 4.79 Å². The average molecular weight is 233 g/mol. The van der Waals surface area contributed by atoms with Crippen molar-refractivity contribution in [2.24, 2.45) is 0 Å². The van der Waals surface area contributed by atoms with Gasteiger partial charge in [-0.3, -0.25) is 0 Å². The van der Waals surface area contributed by atoms with Gasteiger partial charge < -0.3 is 14.4 Å². The van der Waals surface area contributed by atoms with E-state index >= 15 is 0 Å². The Labute approximate surface area is 99.4 Å². The topological polar surface area (TPSA) is 51.5 Å². The van der Waals surface area contributed by atoms with Crippen LogP contribution in [0.4, 0.5) is 0 Å². The number of carbonyl (C=O) groups is 1. The molecule has 4 nitrogen and oxygen atoms in total. The molecule has 0 aliphatic rings. The second kappa shape index (κ2) is 4.49. The first-order chi connectivity index (χ1) is 8.19. The van der Waals surface area contributed by atoms with Gasteiger partial charge in [-0.05, 0) is 32.0 Å². The fourth-order valence-corrected chi connectivity index (χ4v) is 2.06. The van der Waals surface area contributed by atoms with Crippen molar-refractivity contribution >= 4 is 16.9 Å². The number of carboxylic acids is 1. The van der Waals surface area contributed by atoms with E-state index in [1.54, 1.807) is 10.6 Å². The number of rotatable bonds is 4. The zero-order valence-corrected chi connectivity index (χ0v) is 9.93. The Morgan fingerprint density at radius 2 is 2.18 bits per heavy atom. The Hall–Kier alpha value is -1.97. The van der Waals surface area contributed by atoms with Crippen LogP contribution in [0.5, 0.6) is 5.75 Å². The van der Waals surface area contributed by atoms with Crippen LogP contribution in [-0.4, -0.2) is 22.2 Å². The van der Waals surface area contributed by atoms with E-state index in [1.807, 2.05) is 32.0 Å². The number of ether oxygens (including phenoxy) is 1. The van der Waals surface area contributed by atoms with Gasteiger partial charge in [0.25, 0.3) is 0 Å². The molecule has 0 bridgehead atoms. The number of hydrogen-bond donors (Lipinski definition) is 1. The van der Waals surface area contributed by atoms with Crippen molar-refractivity contribution < 1.29 is 14.6 Å².